The van der Waals surface area contributed by atoms with E-state index in [1.807, 2.05) is 0 Å². The van der Waals surface area contributed by atoms with Gasteiger partial charge in [-0.25, -0.2) is 9.67 Å². The zero-order valence-corrected chi connectivity index (χ0v) is 14.6. The molecule has 28 heavy (non-hydrogen) atoms. The third-order valence-electron chi connectivity index (χ3n) is 3.71. The summed E-state index contributed by atoms with van der Waals surface area (Å²) in [4.78, 5) is 14.8. The van der Waals surface area contributed by atoms with Crippen LogP contribution in [0.5, 0.6) is 11.6 Å². The molecule has 0 aliphatic carbocycles. The lowest BCUT2D eigenvalue weighted by atomic mass is 10.1. The minimum Gasteiger partial charge on any atom is -0.484 e. The Balaban J connectivity index is 2.01. The van der Waals surface area contributed by atoms with E-state index in [0.717, 1.165) is 10.7 Å². The SMILES string of the molecule is COc1ccc(-n2nc(C(F)(F)F)cc2-c2ccc(OCC(N)=O)cc2)cn1. The highest BCUT2D eigenvalue weighted by atomic mass is 19.4. The number of nitrogens with zero attached hydrogens (tertiary/aromatic N) is 3. The Bertz CT molecular complexity index is 967. The van der Waals surface area contributed by atoms with Crippen molar-refractivity contribution in [1.82, 2.24) is 14.8 Å². The molecular formula is C18H15F3N4O3. The maximum absolute atomic E-state index is 13.2. The molecule has 0 fully saturated rings. The second kappa shape index (κ2) is 7.59. The average Bonchev–Trinajstić information content (AvgIpc) is 3.13. The summed E-state index contributed by atoms with van der Waals surface area (Å²) in [6.45, 7) is -0.299. The predicted molar refractivity (Wildman–Crippen MR) is 93.0 cm³/mol. The minimum atomic E-state index is -4.61. The number of ether oxygens (including phenoxy) is 2. The lowest BCUT2D eigenvalue weighted by Crippen LogP contribution is -2.19. The van der Waals surface area contributed by atoms with Crippen molar-refractivity contribution in [1.29, 1.82) is 0 Å². The predicted octanol–water partition coefficient (Wildman–Crippen LogP) is 2.83. The molecular weight excluding hydrogens is 377 g/mol. The number of carbonyl (C=O) groups excluding carboxylic acids is 1. The van der Waals surface area contributed by atoms with Gasteiger partial charge in [0.25, 0.3) is 5.91 Å². The normalized spacial score (nSPS) is 11.3. The molecule has 0 aliphatic rings. The highest BCUT2D eigenvalue weighted by Crippen LogP contribution is 2.33. The summed E-state index contributed by atoms with van der Waals surface area (Å²) in [6, 6.07) is 10.2. The van der Waals surface area contributed by atoms with Crippen LogP contribution in [0, 0.1) is 0 Å². The summed E-state index contributed by atoms with van der Waals surface area (Å²) in [5, 5.41) is 3.68. The van der Waals surface area contributed by atoms with Crippen LogP contribution in [0.2, 0.25) is 0 Å². The number of amides is 1. The Morgan fingerprint density at radius 1 is 1.18 bits per heavy atom. The van der Waals surface area contributed by atoms with Crippen LogP contribution in [-0.4, -0.2) is 34.4 Å². The molecule has 0 unspecified atom stereocenters. The first kappa shape index (κ1) is 19.2. The summed E-state index contributed by atoms with van der Waals surface area (Å²) < 4.78 is 50.9. The van der Waals surface area contributed by atoms with E-state index >= 15 is 0 Å². The second-order valence-corrected chi connectivity index (χ2v) is 5.66. The number of hydrogen-bond acceptors (Lipinski definition) is 5. The minimum absolute atomic E-state index is 0.209. The lowest BCUT2D eigenvalue weighted by Gasteiger charge is -2.09. The molecule has 2 heterocycles. The summed E-state index contributed by atoms with van der Waals surface area (Å²) in [6.07, 6.45) is -3.25. The van der Waals surface area contributed by atoms with Crippen LogP contribution >= 0.6 is 0 Å². The number of aromatic nitrogens is 3. The Morgan fingerprint density at radius 2 is 1.89 bits per heavy atom. The molecule has 0 radical (unpaired) electrons. The van der Waals surface area contributed by atoms with Crippen molar-refractivity contribution in [2.75, 3.05) is 13.7 Å². The summed E-state index contributed by atoms with van der Waals surface area (Å²) in [5.74, 6) is 0.0456. The maximum atomic E-state index is 13.2. The van der Waals surface area contributed by atoms with Crippen molar-refractivity contribution >= 4 is 5.91 Å². The highest BCUT2D eigenvalue weighted by Gasteiger charge is 2.35. The topological polar surface area (TPSA) is 92.3 Å². The molecule has 2 aromatic heterocycles. The molecule has 3 aromatic rings. The molecule has 0 spiro atoms. The zero-order valence-electron chi connectivity index (χ0n) is 14.6. The number of pyridine rings is 1. The molecule has 146 valence electrons. The van der Waals surface area contributed by atoms with Crippen LogP contribution in [0.3, 0.4) is 0 Å². The smallest absolute Gasteiger partial charge is 0.435 e. The summed E-state index contributed by atoms with van der Waals surface area (Å²) in [5.41, 5.74) is 4.98. The number of carbonyl (C=O) groups is 1. The van der Waals surface area contributed by atoms with E-state index in [1.165, 1.54) is 31.5 Å². The fourth-order valence-electron chi connectivity index (χ4n) is 2.42. The van der Waals surface area contributed by atoms with Crippen LogP contribution < -0.4 is 15.2 Å². The van der Waals surface area contributed by atoms with Crippen molar-refractivity contribution in [2.24, 2.45) is 5.73 Å². The van der Waals surface area contributed by atoms with Crippen LogP contribution in [0.1, 0.15) is 5.69 Å². The van der Waals surface area contributed by atoms with Crippen LogP contribution in [0.25, 0.3) is 16.9 Å². The average molecular weight is 392 g/mol. The van der Waals surface area contributed by atoms with Gasteiger partial charge in [-0.2, -0.15) is 18.3 Å². The van der Waals surface area contributed by atoms with E-state index < -0.39 is 17.8 Å². The maximum Gasteiger partial charge on any atom is 0.435 e. The van der Waals surface area contributed by atoms with Gasteiger partial charge < -0.3 is 15.2 Å². The molecule has 7 nitrogen and oxygen atoms in total. The molecule has 0 bridgehead atoms. The van der Waals surface area contributed by atoms with E-state index in [0.29, 0.717) is 22.9 Å². The number of primary amides is 1. The van der Waals surface area contributed by atoms with E-state index in [2.05, 4.69) is 10.1 Å². The molecule has 0 saturated carbocycles. The van der Waals surface area contributed by atoms with Gasteiger partial charge in [0.05, 0.1) is 24.7 Å². The third-order valence-corrected chi connectivity index (χ3v) is 3.71. The number of hydrogen-bond donors (Lipinski definition) is 1. The number of alkyl halides is 3. The van der Waals surface area contributed by atoms with Gasteiger partial charge in [-0.15, -0.1) is 0 Å². The van der Waals surface area contributed by atoms with Gasteiger partial charge in [-0.05, 0) is 36.4 Å². The van der Waals surface area contributed by atoms with Gasteiger partial charge in [0.2, 0.25) is 5.88 Å². The molecule has 0 saturated heterocycles. The van der Waals surface area contributed by atoms with Crippen LogP contribution in [0.4, 0.5) is 13.2 Å². The molecule has 1 amide bonds. The molecule has 0 atom stereocenters. The van der Waals surface area contributed by atoms with Gasteiger partial charge in [-0.3, -0.25) is 4.79 Å². The van der Waals surface area contributed by atoms with Crippen LogP contribution in [0.15, 0.2) is 48.7 Å². The Labute approximate surface area is 157 Å². The second-order valence-electron chi connectivity index (χ2n) is 5.66. The molecule has 3 rings (SSSR count). The number of halogens is 3. The summed E-state index contributed by atoms with van der Waals surface area (Å²) in [7, 11) is 1.44. The molecule has 0 aliphatic heterocycles. The van der Waals surface area contributed by atoms with Crippen molar-refractivity contribution in [3.63, 3.8) is 0 Å². The fourth-order valence-corrected chi connectivity index (χ4v) is 2.42. The van der Waals surface area contributed by atoms with E-state index in [1.54, 1.807) is 18.2 Å². The largest absolute Gasteiger partial charge is 0.484 e. The zero-order chi connectivity index (χ0) is 20.3. The van der Waals surface area contributed by atoms with E-state index in [4.69, 9.17) is 15.2 Å². The molecule has 2 N–H and O–H groups in total. The van der Waals surface area contributed by atoms with E-state index in [-0.39, 0.29) is 12.3 Å². The first-order valence-corrected chi connectivity index (χ1v) is 7.97. The van der Waals surface area contributed by atoms with Gasteiger partial charge in [-0.1, -0.05) is 0 Å². The first-order chi connectivity index (χ1) is 13.3. The highest BCUT2D eigenvalue weighted by molar-refractivity contribution is 5.75. The fraction of sp³-hybridized carbons (Fsp3) is 0.167. The number of methoxy groups -OCH3 is 1. The first-order valence-electron chi connectivity index (χ1n) is 7.97. The summed E-state index contributed by atoms with van der Waals surface area (Å²) >= 11 is 0. The molecule has 10 heteroatoms. The Kier molecular flexibility index (Phi) is 5.21. The van der Waals surface area contributed by atoms with Crippen molar-refractivity contribution in [3.8, 4) is 28.6 Å². The number of nitrogens with two attached hydrogens (primary N) is 1. The van der Waals surface area contributed by atoms with Gasteiger partial charge in [0.1, 0.15) is 5.75 Å². The Hall–Kier alpha value is -3.56. The number of benzene rings is 1. The quantitative estimate of drug-likeness (QED) is 0.696. The van der Waals surface area contributed by atoms with Crippen LogP contribution in [-0.2, 0) is 11.0 Å². The van der Waals surface area contributed by atoms with Crippen molar-refractivity contribution in [3.05, 3.63) is 54.4 Å². The lowest BCUT2D eigenvalue weighted by molar-refractivity contribution is -0.141. The van der Waals surface area contributed by atoms with Crippen molar-refractivity contribution < 1.29 is 27.4 Å². The van der Waals surface area contributed by atoms with Gasteiger partial charge in [0, 0.05) is 11.6 Å². The van der Waals surface area contributed by atoms with E-state index in [9.17, 15) is 18.0 Å². The van der Waals surface area contributed by atoms with Crippen molar-refractivity contribution in [2.45, 2.75) is 6.18 Å². The number of rotatable bonds is 6. The van der Waals surface area contributed by atoms with Gasteiger partial charge in [0.15, 0.2) is 12.3 Å². The monoisotopic (exact) mass is 392 g/mol. The third kappa shape index (κ3) is 4.22. The standard InChI is InChI=1S/C18H15F3N4O3/c1-27-17-7-4-12(9-23-17)25-14(8-15(24-25)18(19,20)21)11-2-5-13(6-3-11)28-10-16(22)26/h2-9H,10H2,1H3,(H2,22,26). The van der Waals surface area contributed by atoms with Gasteiger partial charge >= 0.3 is 6.18 Å². The Morgan fingerprint density at radius 3 is 2.43 bits per heavy atom. The molecule has 1 aromatic carbocycles.